The third-order valence-electron chi connectivity index (χ3n) is 3.48. The molecule has 0 fully saturated rings. The minimum Gasteiger partial charge on any atom is -0.396 e. The summed E-state index contributed by atoms with van der Waals surface area (Å²) >= 11 is 0. The van der Waals surface area contributed by atoms with Crippen molar-refractivity contribution in [1.29, 1.82) is 0 Å². The minimum atomic E-state index is -0.707. The molecule has 0 aliphatic rings. The van der Waals surface area contributed by atoms with Gasteiger partial charge in [0.15, 0.2) is 0 Å². The Labute approximate surface area is 125 Å². The number of hydrogen-bond acceptors (Lipinski definition) is 3. The first kappa shape index (κ1) is 17.6. The van der Waals surface area contributed by atoms with Crippen LogP contribution in [0.5, 0.6) is 0 Å². The second-order valence-electron chi connectivity index (χ2n) is 6.05. The Hall–Kier alpha value is -1.46. The Morgan fingerprint density at radius 3 is 2.62 bits per heavy atom. The van der Waals surface area contributed by atoms with E-state index in [2.05, 4.69) is 5.32 Å². The molecular weight excluding hydrogens is 273 g/mol. The maximum Gasteiger partial charge on any atom is 0.220 e. The van der Waals surface area contributed by atoms with Crippen LogP contribution in [0.25, 0.3) is 0 Å². The molecule has 0 spiro atoms. The van der Waals surface area contributed by atoms with Gasteiger partial charge in [-0.05, 0) is 30.0 Å². The van der Waals surface area contributed by atoms with Gasteiger partial charge in [-0.2, -0.15) is 0 Å². The van der Waals surface area contributed by atoms with Gasteiger partial charge in [0, 0.05) is 18.4 Å². The Balaban J connectivity index is 2.40. The van der Waals surface area contributed by atoms with Crippen LogP contribution in [0.2, 0.25) is 0 Å². The fraction of sp³-hybridized carbons (Fsp3) is 0.562. The summed E-state index contributed by atoms with van der Waals surface area (Å²) in [5, 5.41) is 21.0. The van der Waals surface area contributed by atoms with E-state index < -0.39 is 5.41 Å². The number of nitrogens with one attached hydrogen (secondary N) is 1. The van der Waals surface area contributed by atoms with Crippen LogP contribution in [-0.4, -0.2) is 35.9 Å². The zero-order valence-corrected chi connectivity index (χ0v) is 12.6. The van der Waals surface area contributed by atoms with E-state index in [1.165, 1.54) is 12.1 Å². The quantitative estimate of drug-likeness (QED) is 0.681. The highest BCUT2D eigenvalue weighted by Crippen LogP contribution is 2.15. The van der Waals surface area contributed by atoms with Crippen LogP contribution in [0.15, 0.2) is 24.3 Å². The Morgan fingerprint density at radius 2 is 2.05 bits per heavy atom. The largest absolute Gasteiger partial charge is 0.396 e. The van der Waals surface area contributed by atoms with Gasteiger partial charge in [-0.3, -0.25) is 4.79 Å². The molecule has 0 bridgehead atoms. The first-order chi connectivity index (χ1) is 9.88. The Bertz CT molecular complexity index is 461. The molecule has 4 nitrogen and oxygen atoms in total. The molecule has 0 radical (unpaired) electrons. The lowest BCUT2D eigenvalue weighted by Gasteiger charge is -2.25. The molecule has 3 N–H and O–H groups in total. The molecule has 0 saturated carbocycles. The number of halogens is 1. The van der Waals surface area contributed by atoms with Crippen molar-refractivity contribution in [3.8, 4) is 0 Å². The summed E-state index contributed by atoms with van der Waals surface area (Å²) in [5.41, 5.74) is 0.160. The molecular formula is C16H24FNO3. The van der Waals surface area contributed by atoms with Crippen molar-refractivity contribution >= 4 is 5.91 Å². The van der Waals surface area contributed by atoms with Crippen LogP contribution in [-0.2, 0) is 11.2 Å². The van der Waals surface area contributed by atoms with Gasteiger partial charge in [0.25, 0.3) is 0 Å². The standard InChI is InChI=1S/C16H24FNO3/c1-12(6-13-4-3-5-14(17)8-13)7-15(21)18-9-16(2,10-19)11-20/h3-5,8,12,19-20H,6-7,9-11H2,1-2H3,(H,18,21). The Morgan fingerprint density at radius 1 is 1.38 bits per heavy atom. The number of benzene rings is 1. The topological polar surface area (TPSA) is 69.6 Å². The van der Waals surface area contributed by atoms with Crippen LogP contribution in [0, 0.1) is 17.2 Å². The molecule has 1 rings (SSSR count). The third kappa shape index (κ3) is 6.23. The van der Waals surface area contributed by atoms with Crippen molar-refractivity contribution in [2.45, 2.75) is 26.7 Å². The van der Waals surface area contributed by atoms with E-state index in [-0.39, 0.29) is 37.4 Å². The number of carbonyl (C=O) groups is 1. The third-order valence-corrected chi connectivity index (χ3v) is 3.48. The number of rotatable bonds is 8. The highest BCUT2D eigenvalue weighted by atomic mass is 19.1. The van der Waals surface area contributed by atoms with E-state index in [0.29, 0.717) is 12.8 Å². The van der Waals surface area contributed by atoms with Crippen LogP contribution < -0.4 is 5.32 Å². The second-order valence-corrected chi connectivity index (χ2v) is 6.05. The van der Waals surface area contributed by atoms with E-state index in [1.807, 2.05) is 13.0 Å². The Kier molecular flexibility index (Phi) is 6.78. The maximum absolute atomic E-state index is 13.1. The molecule has 0 aliphatic carbocycles. The van der Waals surface area contributed by atoms with E-state index in [4.69, 9.17) is 10.2 Å². The van der Waals surface area contributed by atoms with E-state index in [0.717, 1.165) is 5.56 Å². The van der Waals surface area contributed by atoms with Crippen molar-refractivity contribution in [1.82, 2.24) is 5.32 Å². The summed E-state index contributed by atoms with van der Waals surface area (Å²) in [7, 11) is 0. The lowest BCUT2D eigenvalue weighted by Crippen LogP contribution is -2.40. The highest BCUT2D eigenvalue weighted by molar-refractivity contribution is 5.76. The van der Waals surface area contributed by atoms with E-state index >= 15 is 0 Å². The van der Waals surface area contributed by atoms with Crippen LogP contribution in [0.1, 0.15) is 25.8 Å². The van der Waals surface area contributed by atoms with Crippen LogP contribution >= 0.6 is 0 Å². The van der Waals surface area contributed by atoms with Crippen molar-refractivity contribution in [2.24, 2.45) is 11.3 Å². The highest BCUT2D eigenvalue weighted by Gasteiger charge is 2.23. The van der Waals surface area contributed by atoms with Gasteiger partial charge >= 0.3 is 0 Å². The van der Waals surface area contributed by atoms with Gasteiger partial charge in [0.05, 0.1) is 13.2 Å². The number of amides is 1. The first-order valence-electron chi connectivity index (χ1n) is 7.11. The van der Waals surface area contributed by atoms with Gasteiger partial charge in [-0.25, -0.2) is 4.39 Å². The van der Waals surface area contributed by atoms with Crippen LogP contribution in [0.3, 0.4) is 0 Å². The van der Waals surface area contributed by atoms with Crippen molar-refractivity contribution in [3.05, 3.63) is 35.6 Å². The van der Waals surface area contributed by atoms with Crippen molar-refractivity contribution in [2.75, 3.05) is 19.8 Å². The van der Waals surface area contributed by atoms with Crippen molar-refractivity contribution in [3.63, 3.8) is 0 Å². The summed E-state index contributed by atoms with van der Waals surface area (Å²) in [6.45, 7) is 3.47. The van der Waals surface area contributed by atoms with Gasteiger partial charge in [-0.15, -0.1) is 0 Å². The molecule has 1 amide bonds. The fourth-order valence-corrected chi connectivity index (χ4v) is 2.00. The van der Waals surface area contributed by atoms with Gasteiger partial charge < -0.3 is 15.5 Å². The zero-order valence-electron chi connectivity index (χ0n) is 12.6. The molecule has 1 aromatic carbocycles. The molecule has 21 heavy (non-hydrogen) atoms. The molecule has 0 aromatic heterocycles. The second kappa shape index (κ2) is 8.10. The summed E-state index contributed by atoms with van der Waals surface area (Å²) in [5.74, 6) is -0.320. The lowest BCUT2D eigenvalue weighted by atomic mass is 9.92. The van der Waals surface area contributed by atoms with E-state index in [1.54, 1.807) is 13.0 Å². The predicted molar refractivity (Wildman–Crippen MR) is 79.2 cm³/mol. The molecule has 0 saturated heterocycles. The zero-order chi connectivity index (χ0) is 15.9. The lowest BCUT2D eigenvalue weighted by molar-refractivity contribution is -0.122. The summed E-state index contributed by atoms with van der Waals surface area (Å²) in [4.78, 5) is 11.8. The molecule has 1 aromatic rings. The number of aliphatic hydroxyl groups is 2. The SMILES string of the molecule is CC(CC(=O)NCC(C)(CO)CO)Cc1cccc(F)c1. The van der Waals surface area contributed by atoms with Gasteiger partial charge in [0.2, 0.25) is 5.91 Å². The summed E-state index contributed by atoms with van der Waals surface area (Å²) in [6.07, 6.45) is 0.950. The van der Waals surface area contributed by atoms with Crippen molar-refractivity contribution < 1.29 is 19.4 Å². The first-order valence-corrected chi connectivity index (χ1v) is 7.11. The molecule has 118 valence electrons. The minimum absolute atomic E-state index is 0.0845. The average Bonchev–Trinajstić information content (AvgIpc) is 2.44. The molecule has 0 aliphatic heterocycles. The molecule has 5 heteroatoms. The average molecular weight is 297 g/mol. The number of carbonyl (C=O) groups excluding carboxylic acids is 1. The predicted octanol–water partition coefficient (Wildman–Crippen LogP) is 1.50. The maximum atomic E-state index is 13.1. The van der Waals surface area contributed by atoms with Gasteiger partial charge in [0.1, 0.15) is 5.82 Å². The molecule has 1 unspecified atom stereocenters. The number of aliphatic hydroxyl groups excluding tert-OH is 2. The molecule has 1 atom stereocenters. The molecule has 0 heterocycles. The normalized spacial score (nSPS) is 13.0. The van der Waals surface area contributed by atoms with E-state index in [9.17, 15) is 9.18 Å². The smallest absolute Gasteiger partial charge is 0.220 e. The monoisotopic (exact) mass is 297 g/mol. The van der Waals surface area contributed by atoms with Crippen LogP contribution in [0.4, 0.5) is 4.39 Å². The van der Waals surface area contributed by atoms with Gasteiger partial charge in [-0.1, -0.05) is 26.0 Å². The summed E-state index contributed by atoms with van der Waals surface area (Å²) in [6, 6.07) is 6.37. The fourth-order valence-electron chi connectivity index (χ4n) is 2.00. The number of hydrogen-bond donors (Lipinski definition) is 3. The summed E-state index contributed by atoms with van der Waals surface area (Å²) < 4.78 is 13.1.